The van der Waals surface area contributed by atoms with Crippen molar-refractivity contribution in [3.63, 3.8) is 0 Å². The first-order valence-electron chi connectivity index (χ1n) is 7.97. The van der Waals surface area contributed by atoms with Gasteiger partial charge in [0.15, 0.2) is 0 Å². The molecule has 3 rings (SSSR count). The van der Waals surface area contributed by atoms with Gasteiger partial charge in [0.25, 0.3) is 0 Å². The molecule has 0 amide bonds. The van der Waals surface area contributed by atoms with Crippen LogP contribution in [0.2, 0.25) is 0 Å². The third kappa shape index (κ3) is 3.71. The number of aliphatic carboxylic acids is 1. The van der Waals surface area contributed by atoms with Crippen molar-refractivity contribution < 1.29 is 14.7 Å². The molecule has 2 bridgehead atoms. The second-order valence-corrected chi connectivity index (χ2v) is 6.47. The van der Waals surface area contributed by atoms with Gasteiger partial charge in [-0.05, 0) is 69.6 Å². The molecule has 3 heteroatoms. The molecule has 20 heavy (non-hydrogen) atoms. The number of unbranched alkanes of at least 4 members (excludes halogenated alkanes) is 1. The molecule has 3 saturated carbocycles. The van der Waals surface area contributed by atoms with Crippen LogP contribution < -0.4 is 0 Å². The summed E-state index contributed by atoms with van der Waals surface area (Å²) in [6.45, 7) is 1.76. The lowest BCUT2D eigenvalue weighted by Crippen LogP contribution is -2.43. The molecule has 0 saturated heterocycles. The number of rotatable bonds is 7. The Labute approximate surface area is 121 Å². The molecule has 2 unspecified atom stereocenters. The number of carboxylic acids is 1. The Morgan fingerprint density at radius 3 is 2.35 bits per heavy atom. The zero-order chi connectivity index (χ0) is 14.5. The van der Waals surface area contributed by atoms with E-state index in [2.05, 4.69) is 12.2 Å². The van der Waals surface area contributed by atoms with Crippen LogP contribution in [0.15, 0.2) is 12.2 Å². The number of carbonyl (C=O) groups excluding carboxylic acids is 1. The predicted octanol–water partition coefficient (Wildman–Crippen LogP) is 3.83. The highest BCUT2D eigenvalue weighted by Crippen LogP contribution is 2.50. The maximum atomic E-state index is 11.9. The molecule has 112 valence electrons. The summed E-state index contributed by atoms with van der Waals surface area (Å²) in [4.78, 5) is 22.3. The van der Waals surface area contributed by atoms with Gasteiger partial charge in [-0.1, -0.05) is 12.2 Å². The zero-order valence-corrected chi connectivity index (χ0v) is 12.4. The highest BCUT2D eigenvalue weighted by atomic mass is 16.4. The van der Waals surface area contributed by atoms with Gasteiger partial charge in [0.1, 0.15) is 5.78 Å². The fourth-order valence-corrected chi connectivity index (χ4v) is 4.29. The molecule has 0 aromatic carbocycles. The summed E-state index contributed by atoms with van der Waals surface area (Å²) < 4.78 is 0. The van der Waals surface area contributed by atoms with E-state index in [0.717, 1.165) is 18.8 Å². The minimum atomic E-state index is -0.723. The van der Waals surface area contributed by atoms with Gasteiger partial charge in [0.2, 0.25) is 0 Å². The summed E-state index contributed by atoms with van der Waals surface area (Å²) in [5.41, 5.74) is 0. The van der Waals surface area contributed by atoms with E-state index in [0.29, 0.717) is 24.0 Å². The Kier molecular flexibility index (Phi) is 5.38. The van der Waals surface area contributed by atoms with Crippen LogP contribution >= 0.6 is 0 Å². The van der Waals surface area contributed by atoms with Crippen molar-refractivity contribution in [2.45, 2.75) is 58.3 Å². The summed E-state index contributed by atoms with van der Waals surface area (Å²) in [7, 11) is 0. The van der Waals surface area contributed by atoms with E-state index in [1.807, 2.05) is 0 Å². The van der Waals surface area contributed by atoms with Crippen LogP contribution in [0.5, 0.6) is 0 Å². The highest BCUT2D eigenvalue weighted by Gasteiger charge is 2.44. The van der Waals surface area contributed by atoms with Crippen LogP contribution in [0, 0.1) is 23.7 Å². The standard InChI is InChI=1S/C17H26O3/c1-12(18)17-14-10-8-13(9-11-14)15(17)6-4-2-3-5-7-16(19)20/h2,4,13-15,17H,3,5-11H2,1H3,(H,19,20)/b4-2-/t13-,14-,15?,17?. The van der Waals surface area contributed by atoms with E-state index in [4.69, 9.17) is 5.11 Å². The van der Waals surface area contributed by atoms with Crippen molar-refractivity contribution in [2.24, 2.45) is 23.7 Å². The normalized spacial score (nSPS) is 32.6. The lowest BCUT2D eigenvalue weighted by molar-refractivity contribution is -0.137. The van der Waals surface area contributed by atoms with Crippen LogP contribution in [0.25, 0.3) is 0 Å². The molecular weight excluding hydrogens is 252 g/mol. The lowest BCUT2D eigenvalue weighted by atomic mass is 9.57. The maximum Gasteiger partial charge on any atom is 0.303 e. The second kappa shape index (κ2) is 7.05. The number of carbonyl (C=O) groups is 2. The largest absolute Gasteiger partial charge is 0.481 e. The number of hydrogen-bond acceptors (Lipinski definition) is 2. The first-order chi connectivity index (χ1) is 9.59. The van der Waals surface area contributed by atoms with Crippen molar-refractivity contribution in [2.75, 3.05) is 0 Å². The SMILES string of the molecule is CC(=O)C1C(C/C=C\CCCC(=O)O)[C@H]2CC[C@H]1CC2. The fourth-order valence-electron chi connectivity index (χ4n) is 4.29. The molecule has 0 radical (unpaired) electrons. The minimum absolute atomic E-state index is 0.245. The Balaban J connectivity index is 1.82. The number of fused-ring (bicyclic) bond motifs is 3. The van der Waals surface area contributed by atoms with Crippen LogP contribution in [0.4, 0.5) is 0 Å². The van der Waals surface area contributed by atoms with Crippen LogP contribution in [0.3, 0.4) is 0 Å². The van der Waals surface area contributed by atoms with Crippen molar-refractivity contribution in [3.8, 4) is 0 Å². The number of ketones is 1. The maximum absolute atomic E-state index is 11.9. The molecule has 0 aromatic rings. The summed E-state index contributed by atoms with van der Waals surface area (Å²) in [6.07, 6.45) is 12.1. The number of Topliss-reactive ketones (excluding diaryl/α,β-unsaturated/α-hetero) is 1. The summed E-state index contributed by atoms with van der Waals surface area (Å²) in [5.74, 6) is 1.84. The van der Waals surface area contributed by atoms with Crippen LogP contribution in [-0.2, 0) is 9.59 Å². The Morgan fingerprint density at radius 2 is 1.75 bits per heavy atom. The fraction of sp³-hybridized carbons (Fsp3) is 0.765. The first-order valence-corrected chi connectivity index (χ1v) is 7.97. The Morgan fingerprint density at radius 1 is 1.10 bits per heavy atom. The van der Waals surface area contributed by atoms with Gasteiger partial charge in [-0.2, -0.15) is 0 Å². The van der Waals surface area contributed by atoms with Crippen molar-refractivity contribution in [3.05, 3.63) is 12.2 Å². The first kappa shape index (κ1) is 15.3. The summed E-state index contributed by atoms with van der Waals surface area (Å²) in [5, 5.41) is 8.58. The summed E-state index contributed by atoms with van der Waals surface area (Å²) in [6, 6.07) is 0. The molecule has 0 aliphatic heterocycles. The van der Waals surface area contributed by atoms with Gasteiger partial charge in [0.05, 0.1) is 0 Å². The van der Waals surface area contributed by atoms with E-state index >= 15 is 0 Å². The number of allylic oxidation sites excluding steroid dienone is 2. The predicted molar refractivity (Wildman–Crippen MR) is 78.4 cm³/mol. The molecule has 0 heterocycles. The van der Waals surface area contributed by atoms with Gasteiger partial charge in [-0.3, -0.25) is 9.59 Å². The van der Waals surface area contributed by atoms with Crippen molar-refractivity contribution in [1.82, 2.24) is 0 Å². The second-order valence-electron chi connectivity index (χ2n) is 6.47. The zero-order valence-electron chi connectivity index (χ0n) is 12.4. The van der Waals surface area contributed by atoms with E-state index in [1.54, 1.807) is 6.92 Å². The van der Waals surface area contributed by atoms with Crippen molar-refractivity contribution >= 4 is 11.8 Å². The van der Waals surface area contributed by atoms with Gasteiger partial charge >= 0.3 is 5.97 Å². The number of hydrogen-bond donors (Lipinski definition) is 1. The van der Waals surface area contributed by atoms with Gasteiger partial charge in [0, 0.05) is 12.3 Å². The third-order valence-electron chi connectivity index (χ3n) is 5.20. The molecule has 3 nitrogen and oxygen atoms in total. The lowest BCUT2D eigenvalue weighted by Gasteiger charge is -2.47. The minimum Gasteiger partial charge on any atom is -0.481 e. The van der Waals surface area contributed by atoms with E-state index < -0.39 is 5.97 Å². The molecule has 3 aliphatic rings. The average molecular weight is 278 g/mol. The summed E-state index contributed by atoms with van der Waals surface area (Å²) >= 11 is 0. The quantitative estimate of drug-likeness (QED) is 0.569. The molecule has 3 aliphatic carbocycles. The van der Waals surface area contributed by atoms with Crippen LogP contribution in [0.1, 0.15) is 58.3 Å². The van der Waals surface area contributed by atoms with Gasteiger partial charge in [-0.25, -0.2) is 0 Å². The smallest absolute Gasteiger partial charge is 0.303 e. The van der Waals surface area contributed by atoms with Gasteiger partial charge in [-0.15, -0.1) is 0 Å². The van der Waals surface area contributed by atoms with E-state index in [-0.39, 0.29) is 12.3 Å². The average Bonchev–Trinajstić information content (AvgIpc) is 2.43. The third-order valence-corrected chi connectivity index (χ3v) is 5.20. The Hall–Kier alpha value is -1.12. The molecule has 0 spiro atoms. The molecule has 1 N–H and O–H groups in total. The number of carboxylic acid groups (broad SMARTS) is 1. The van der Waals surface area contributed by atoms with Crippen LogP contribution in [-0.4, -0.2) is 16.9 Å². The van der Waals surface area contributed by atoms with Gasteiger partial charge < -0.3 is 5.11 Å². The van der Waals surface area contributed by atoms with E-state index in [1.165, 1.54) is 25.7 Å². The highest BCUT2D eigenvalue weighted by molar-refractivity contribution is 5.79. The van der Waals surface area contributed by atoms with Crippen molar-refractivity contribution in [1.29, 1.82) is 0 Å². The monoisotopic (exact) mass is 278 g/mol. The molecular formula is C17H26O3. The molecule has 0 aromatic heterocycles. The Bertz CT molecular complexity index is 378. The topological polar surface area (TPSA) is 54.4 Å². The molecule has 3 fully saturated rings. The van der Waals surface area contributed by atoms with E-state index in [9.17, 15) is 9.59 Å². The molecule has 2 atom stereocenters.